The smallest absolute Gasteiger partial charge is 0.378 e. The first-order chi connectivity index (χ1) is 16.7. The third kappa shape index (κ3) is 5.10. The minimum Gasteiger partial charge on any atom is -0.378 e. The van der Waals surface area contributed by atoms with Crippen LogP contribution in [0, 0.1) is 17.3 Å². The molecule has 11 heteroatoms. The highest BCUT2D eigenvalue weighted by Crippen LogP contribution is 2.40. The molecule has 0 unspecified atom stereocenters. The number of hydrogen-bond donors (Lipinski definition) is 2. The number of benzene rings is 2. The highest BCUT2D eigenvalue weighted by Gasteiger charge is 2.51. The molecule has 0 aliphatic carbocycles. The van der Waals surface area contributed by atoms with Crippen molar-refractivity contribution in [1.82, 2.24) is 4.31 Å². The van der Waals surface area contributed by atoms with Crippen LogP contribution in [-0.2, 0) is 20.4 Å². The number of halogens is 3. The molecule has 0 saturated carbocycles. The molecule has 36 heavy (non-hydrogen) atoms. The maximum absolute atomic E-state index is 13.5. The quantitative estimate of drug-likeness (QED) is 0.458. The summed E-state index contributed by atoms with van der Waals surface area (Å²) >= 11 is 4.27. The van der Waals surface area contributed by atoms with E-state index in [1.807, 2.05) is 11.8 Å². The molecule has 2 heterocycles. The number of aliphatic hydroxyl groups is 1. The van der Waals surface area contributed by atoms with Crippen LogP contribution in [0.1, 0.15) is 25.0 Å². The summed E-state index contributed by atoms with van der Waals surface area (Å²) in [6.45, 7) is 4.48. The maximum Gasteiger partial charge on any atom is 0.421 e. The van der Waals surface area contributed by atoms with Crippen molar-refractivity contribution >= 4 is 28.3 Å². The number of sulfonamides is 1. The Labute approximate surface area is 214 Å². The second-order valence-electron chi connectivity index (χ2n) is 9.46. The Hall–Kier alpha value is -2.23. The summed E-state index contributed by atoms with van der Waals surface area (Å²) in [6, 6.07) is 10.5. The molecule has 0 radical (unpaired) electrons. The van der Waals surface area contributed by atoms with Crippen molar-refractivity contribution in [2.24, 2.45) is 5.41 Å². The Morgan fingerprint density at radius 3 is 2.28 bits per heavy atom. The predicted molar refractivity (Wildman–Crippen MR) is 133 cm³/mol. The molecule has 2 saturated heterocycles. The van der Waals surface area contributed by atoms with E-state index in [9.17, 15) is 26.7 Å². The lowest BCUT2D eigenvalue weighted by molar-refractivity contribution is -0.258. The van der Waals surface area contributed by atoms with Gasteiger partial charge in [-0.15, -0.1) is 12.6 Å². The van der Waals surface area contributed by atoms with Crippen LogP contribution in [0.2, 0.25) is 0 Å². The van der Waals surface area contributed by atoms with Crippen molar-refractivity contribution < 1.29 is 31.4 Å². The van der Waals surface area contributed by atoms with Gasteiger partial charge in [0.2, 0.25) is 10.0 Å². The Kier molecular flexibility index (Phi) is 7.13. The number of ether oxygens (including phenoxy) is 1. The van der Waals surface area contributed by atoms with Gasteiger partial charge in [-0.25, -0.2) is 8.42 Å². The van der Waals surface area contributed by atoms with E-state index in [1.54, 1.807) is 18.2 Å². The van der Waals surface area contributed by atoms with Gasteiger partial charge in [-0.05, 0) is 43.7 Å². The number of rotatable bonds is 4. The third-order valence-electron chi connectivity index (χ3n) is 6.51. The van der Waals surface area contributed by atoms with Gasteiger partial charge in [0.1, 0.15) is 0 Å². The summed E-state index contributed by atoms with van der Waals surface area (Å²) in [4.78, 5) is 2.38. The molecule has 2 aromatic carbocycles. The van der Waals surface area contributed by atoms with E-state index in [0.29, 0.717) is 49.4 Å². The fourth-order valence-corrected chi connectivity index (χ4v) is 6.07. The lowest BCUT2D eigenvalue weighted by Gasteiger charge is -2.36. The number of thiol groups is 1. The van der Waals surface area contributed by atoms with Gasteiger partial charge in [0, 0.05) is 36.6 Å². The summed E-state index contributed by atoms with van der Waals surface area (Å²) in [5, 5.41) is 10.2. The molecule has 0 spiro atoms. The minimum atomic E-state index is -4.86. The van der Waals surface area contributed by atoms with E-state index in [1.165, 1.54) is 28.6 Å². The van der Waals surface area contributed by atoms with Gasteiger partial charge in [0.25, 0.3) is 0 Å². The molecular formula is C25H27F3N2O4S2. The van der Waals surface area contributed by atoms with Crippen molar-refractivity contribution in [3.8, 4) is 11.8 Å². The van der Waals surface area contributed by atoms with Crippen LogP contribution < -0.4 is 4.90 Å². The van der Waals surface area contributed by atoms with Gasteiger partial charge in [0.05, 0.1) is 29.2 Å². The topological polar surface area (TPSA) is 70.1 Å². The Morgan fingerprint density at radius 2 is 1.72 bits per heavy atom. The first-order valence-corrected chi connectivity index (χ1v) is 13.2. The molecule has 2 fully saturated rings. The Bertz CT molecular complexity index is 1300. The molecule has 6 nitrogen and oxygen atoms in total. The van der Waals surface area contributed by atoms with Crippen LogP contribution in [0.3, 0.4) is 0 Å². The molecule has 0 amide bonds. The van der Waals surface area contributed by atoms with Crippen LogP contribution in [0.4, 0.5) is 18.9 Å². The van der Waals surface area contributed by atoms with Gasteiger partial charge in [-0.1, -0.05) is 30.0 Å². The molecule has 0 aromatic heterocycles. The van der Waals surface area contributed by atoms with Crippen molar-refractivity contribution in [2.45, 2.75) is 35.4 Å². The summed E-state index contributed by atoms with van der Waals surface area (Å²) in [7, 11) is -3.75. The fourth-order valence-electron chi connectivity index (χ4n) is 4.06. The largest absolute Gasteiger partial charge is 0.421 e. The lowest BCUT2D eigenvalue weighted by atomic mass is 9.88. The van der Waals surface area contributed by atoms with E-state index in [4.69, 9.17) is 4.74 Å². The fraction of sp³-hybridized carbons (Fsp3) is 0.440. The average Bonchev–Trinajstić information content (AvgIpc) is 2.81. The SMILES string of the molecule is CC1(C#Cc2cc([C@](C)(O)C(F)(F)F)ccc2N2CCN(S(=O)(=O)c3ccccc3S)CC2)COC1. The number of nitrogens with zero attached hydrogens (tertiary/aromatic N) is 2. The average molecular weight is 541 g/mol. The normalized spacial score (nSPS) is 20.1. The predicted octanol–water partition coefficient (Wildman–Crippen LogP) is 3.64. The van der Waals surface area contributed by atoms with E-state index < -0.39 is 27.2 Å². The van der Waals surface area contributed by atoms with Gasteiger partial charge in [-0.3, -0.25) is 0 Å². The van der Waals surface area contributed by atoms with E-state index in [-0.39, 0.29) is 23.5 Å². The minimum absolute atomic E-state index is 0.128. The first kappa shape index (κ1) is 26.8. The molecule has 0 bridgehead atoms. The molecule has 2 aliphatic rings. The zero-order valence-corrected chi connectivity index (χ0v) is 21.6. The highest BCUT2D eigenvalue weighted by molar-refractivity contribution is 7.90. The number of anilines is 1. The standard InChI is InChI=1S/C25H27F3N2O4S2/c1-23(16-34-17-23)10-9-18-15-19(24(2,31)25(26,27)28)7-8-20(18)29-11-13-30(14-12-29)36(32,33)22-6-4-3-5-21(22)35/h3-8,15,31,35H,11-14,16-17H2,1-2H3/t24-/m0/s1. The van der Waals surface area contributed by atoms with Crippen molar-refractivity contribution in [3.63, 3.8) is 0 Å². The summed E-state index contributed by atoms with van der Waals surface area (Å²) < 4.78 is 73.3. The van der Waals surface area contributed by atoms with Crippen LogP contribution in [0.15, 0.2) is 52.3 Å². The molecule has 1 N–H and O–H groups in total. The molecule has 4 rings (SSSR count). The van der Waals surface area contributed by atoms with E-state index >= 15 is 0 Å². The van der Waals surface area contributed by atoms with Crippen molar-refractivity contribution in [2.75, 3.05) is 44.3 Å². The van der Waals surface area contributed by atoms with Crippen molar-refractivity contribution in [1.29, 1.82) is 0 Å². The lowest BCUT2D eigenvalue weighted by Crippen LogP contribution is -2.49. The zero-order chi connectivity index (χ0) is 26.4. The molecule has 2 aromatic rings. The molecular weight excluding hydrogens is 513 g/mol. The monoisotopic (exact) mass is 540 g/mol. The van der Waals surface area contributed by atoms with Crippen LogP contribution in [-0.4, -0.2) is 63.4 Å². The highest BCUT2D eigenvalue weighted by atomic mass is 32.2. The van der Waals surface area contributed by atoms with E-state index in [2.05, 4.69) is 24.5 Å². The zero-order valence-electron chi connectivity index (χ0n) is 19.8. The number of alkyl halides is 3. The van der Waals surface area contributed by atoms with Gasteiger partial charge in [-0.2, -0.15) is 17.5 Å². The summed E-state index contributed by atoms with van der Waals surface area (Å²) in [5.74, 6) is 6.09. The van der Waals surface area contributed by atoms with Crippen LogP contribution >= 0.6 is 12.6 Å². The van der Waals surface area contributed by atoms with Gasteiger partial charge < -0.3 is 14.7 Å². The van der Waals surface area contributed by atoms with Gasteiger partial charge >= 0.3 is 6.18 Å². The Balaban J connectivity index is 1.62. The molecule has 194 valence electrons. The Morgan fingerprint density at radius 1 is 1.08 bits per heavy atom. The van der Waals surface area contributed by atoms with Crippen molar-refractivity contribution in [3.05, 3.63) is 53.6 Å². The summed E-state index contributed by atoms with van der Waals surface area (Å²) in [6.07, 6.45) is -4.86. The van der Waals surface area contributed by atoms with Crippen LogP contribution in [0.25, 0.3) is 0 Å². The summed E-state index contributed by atoms with van der Waals surface area (Å²) in [5.41, 5.74) is -2.84. The molecule has 2 aliphatic heterocycles. The number of hydrogen-bond acceptors (Lipinski definition) is 6. The number of piperazine rings is 1. The third-order valence-corrected chi connectivity index (χ3v) is 9.01. The second kappa shape index (κ2) is 9.58. The second-order valence-corrected chi connectivity index (χ2v) is 11.9. The first-order valence-electron chi connectivity index (χ1n) is 11.3. The van der Waals surface area contributed by atoms with Crippen LogP contribution in [0.5, 0.6) is 0 Å². The van der Waals surface area contributed by atoms with Gasteiger partial charge in [0.15, 0.2) is 5.60 Å². The maximum atomic E-state index is 13.5. The van der Waals surface area contributed by atoms with E-state index in [0.717, 1.165) is 0 Å². The molecule has 1 atom stereocenters.